The zero-order valence-corrected chi connectivity index (χ0v) is 15.7. The van der Waals surface area contributed by atoms with Crippen LogP contribution in [0.5, 0.6) is 5.75 Å². The number of aryl methyl sites for hydroxylation is 2. The van der Waals surface area contributed by atoms with Crippen molar-refractivity contribution in [2.24, 2.45) is 13.0 Å². The van der Waals surface area contributed by atoms with Gasteiger partial charge in [0, 0.05) is 29.7 Å². The lowest BCUT2D eigenvalue weighted by Gasteiger charge is -2.37. The number of hydrogen-bond acceptors (Lipinski definition) is 4. The van der Waals surface area contributed by atoms with Crippen LogP contribution >= 0.6 is 0 Å². The standard InChI is InChI=1S/C20H24N4O3/c1-11-16-8-15(27-3)4-5-17(16)22-18(11)20(26)23-19(12-6-14(25)7-12)13-9-21-24(2)10-13/h4-5,8-10,12,14,19,22,25H,6-7H2,1-3H3,(H,23,26). The van der Waals surface area contributed by atoms with E-state index in [0.29, 0.717) is 18.5 Å². The molecule has 7 nitrogen and oxygen atoms in total. The quantitative estimate of drug-likeness (QED) is 0.645. The van der Waals surface area contributed by atoms with E-state index in [-0.39, 0.29) is 24.0 Å². The minimum Gasteiger partial charge on any atom is -0.497 e. The zero-order valence-electron chi connectivity index (χ0n) is 15.7. The van der Waals surface area contributed by atoms with Crippen molar-refractivity contribution in [1.29, 1.82) is 0 Å². The highest BCUT2D eigenvalue weighted by molar-refractivity contribution is 6.01. The van der Waals surface area contributed by atoms with E-state index >= 15 is 0 Å². The minimum absolute atomic E-state index is 0.155. The van der Waals surface area contributed by atoms with Crippen LogP contribution < -0.4 is 10.1 Å². The predicted molar refractivity (Wildman–Crippen MR) is 102 cm³/mol. The third-order valence-corrected chi connectivity index (χ3v) is 5.48. The second kappa shape index (κ2) is 6.74. The molecule has 1 atom stereocenters. The van der Waals surface area contributed by atoms with Crippen molar-refractivity contribution in [3.8, 4) is 5.75 Å². The molecule has 2 heterocycles. The molecule has 0 saturated heterocycles. The SMILES string of the molecule is COc1ccc2[nH]c(C(=O)NC(c3cnn(C)c3)C3CC(O)C3)c(C)c2c1. The molecule has 0 bridgehead atoms. The molecule has 2 aromatic heterocycles. The molecule has 7 heteroatoms. The summed E-state index contributed by atoms with van der Waals surface area (Å²) in [7, 11) is 3.48. The van der Waals surface area contributed by atoms with Gasteiger partial charge in [-0.1, -0.05) is 0 Å². The number of rotatable bonds is 5. The summed E-state index contributed by atoms with van der Waals surface area (Å²) in [5.74, 6) is 0.809. The lowest BCUT2D eigenvalue weighted by Crippen LogP contribution is -2.41. The Labute approximate surface area is 157 Å². The first-order valence-electron chi connectivity index (χ1n) is 9.10. The summed E-state index contributed by atoms with van der Waals surface area (Å²) < 4.78 is 7.01. The first-order valence-corrected chi connectivity index (χ1v) is 9.10. The molecule has 0 radical (unpaired) electrons. The van der Waals surface area contributed by atoms with E-state index in [1.165, 1.54) is 0 Å². The fourth-order valence-corrected chi connectivity index (χ4v) is 3.85. The van der Waals surface area contributed by atoms with Crippen molar-refractivity contribution in [2.45, 2.75) is 31.9 Å². The third kappa shape index (κ3) is 3.19. The molecule has 27 heavy (non-hydrogen) atoms. The summed E-state index contributed by atoms with van der Waals surface area (Å²) in [6.45, 7) is 1.93. The van der Waals surface area contributed by atoms with Crippen LogP contribution in [0.4, 0.5) is 0 Å². The van der Waals surface area contributed by atoms with Crippen LogP contribution in [0.1, 0.15) is 40.5 Å². The zero-order chi connectivity index (χ0) is 19.1. The second-order valence-electron chi connectivity index (χ2n) is 7.32. The van der Waals surface area contributed by atoms with Crippen molar-refractivity contribution < 1.29 is 14.6 Å². The second-order valence-corrected chi connectivity index (χ2v) is 7.32. The number of nitrogens with one attached hydrogen (secondary N) is 2. The van der Waals surface area contributed by atoms with Crippen molar-refractivity contribution in [3.05, 3.63) is 47.4 Å². The van der Waals surface area contributed by atoms with Crippen LogP contribution in [0.15, 0.2) is 30.6 Å². The molecule has 1 unspecified atom stereocenters. The van der Waals surface area contributed by atoms with Gasteiger partial charge in [-0.15, -0.1) is 0 Å². The van der Waals surface area contributed by atoms with Crippen LogP contribution in [0.3, 0.4) is 0 Å². The number of carbonyl (C=O) groups is 1. The number of aliphatic hydroxyl groups excluding tert-OH is 1. The topological polar surface area (TPSA) is 92.2 Å². The number of hydrogen-bond donors (Lipinski definition) is 3. The molecule has 142 valence electrons. The van der Waals surface area contributed by atoms with E-state index < -0.39 is 0 Å². The van der Waals surface area contributed by atoms with E-state index in [0.717, 1.165) is 27.8 Å². The summed E-state index contributed by atoms with van der Waals surface area (Å²) in [4.78, 5) is 16.3. The van der Waals surface area contributed by atoms with Gasteiger partial charge in [-0.25, -0.2) is 0 Å². The number of ether oxygens (including phenoxy) is 1. The van der Waals surface area contributed by atoms with Crippen LogP contribution in [0.25, 0.3) is 10.9 Å². The number of benzene rings is 1. The van der Waals surface area contributed by atoms with Crippen molar-refractivity contribution >= 4 is 16.8 Å². The predicted octanol–water partition coefficient (Wildman–Crippen LogP) is 2.46. The number of aromatic nitrogens is 3. The van der Waals surface area contributed by atoms with Gasteiger partial charge >= 0.3 is 0 Å². The molecule has 1 aliphatic rings. The summed E-state index contributed by atoms with van der Waals surface area (Å²) in [6.07, 6.45) is 4.77. The number of methoxy groups -OCH3 is 1. The Bertz CT molecular complexity index is 984. The smallest absolute Gasteiger partial charge is 0.268 e. The lowest BCUT2D eigenvalue weighted by molar-refractivity contribution is 0.0234. The maximum absolute atomic E-state index is 13.0. The third-order valence-electron chi connectivity index (χ3n) is 5.48. The van der Waals surface area contributed by atoms with Crippen LogP contribution in [0, 0.1) is 12.8 Å². The Kier molecular flexibility index (Phi) is 4.39. The van der Waals surface area contributed by atoms with E-state index in [1.54, 1.807) is 18.0 Å². The number of fused-ring (bicyclic) bond motifs is 1. The molecule has 1 amide bonds. The number of carbonyl (C=O) groups excluding carboxylic acids is 1. The first-order chi connectivity index (χ1) is 13.0. The number of H-pyrrole nitrogens is 1. The maximum atomic E-state index is 13.0. The lowest BCUT2D eigenvalue weighted by atomic mass is 9.75. The van der Waals surface area contributed by atoms with Gasteiger partial charge in [-0.2, -0.15) is 5.10 Å². The Balaban J connectivity index is 1.63. The number of aliphatic hydroxyl groups is 1. The summed E-state index contributed by atoms with van der Waals surface area (Å²) >= 11 is 0. The Hall–Kier alpha value is -2.80. The largest absolute Gasteiger partial charge is 0.497 e. The Morgan fingerprint density at radius 2 is 2.22 bits per heavy atom. The van der Waals surface area contributed by atoms with Gasteiger partial charge in [-0.3, -0.25) is 9.48 Å². The van der Waals surface area contributed by atoms with Gasteiger partial charge in [0.25, 0.3) is 5.91 Å². The first kappa shape index (κ1) is 17.6. The van der Waals surface area contributed by atoms with Gasteiger partial charge in [0.05, 0.1) is 25.5 Å². The fourth-order valence-electron chi connectivity index (χ4n) is 3.85. The maximum Gasteiger partial charge on any atom is 0.268 e. The Morgan fingerprint density at radius 3 is 2.85 bits per heavy atom. The summed E-state index contributed by atoms with van der Waals surface area (Å²) in [5.41, 5.74) is 3.29. The monoisotopic (exact) mass is 368 g/mol. The van der Waals surface area contributed by atoms with Crippen LogP contribution in [0.2, 0.25) is 0 Å². The highest BCUT2D eigenvalue weighted by Gasteiger charge is 2.36. The van der Waals surface area contributed by atoms with Gasteiger partial charge in [0.15, 0.2) is 0 Å². The van der Waals surface area contributed by atoms with Crippen molar-refractivity contribution in [1.82, 2.24) is 20.1 Å². The van der Waals surface area contributed by atoms with E-state index in [2.05, 4.69) is 15.4 Å². The molecule has 1 aromatic carbocycles. The highest BCUT2D eigenvalue weighted by Crippen LogP contribution is 2.38. The number of amides is 1. The molecule has 3 N–H and O–H groups in total. The molecule has 0 aliphatic heterocycles. The normalized spacial score (nSPS) is 20.3. The molecule has 1 fully saturated rings. The van der Waals surface area contributed by atoms with Gasteiger partial charge in [0.1, 0.15) is 11.4 Å². The van der Waals surface area contributed by atoms with E-state index in [9.17, 15) is 9.90 Å². The van der Waals surface area contributed by atoms with Gasteiger partial charge in [-0.05, 0) is 49.4 Å². The molecule has 0 spiro atoms. The molecular formula is C20H24N4O3. The summed E-state index contributed by atoms with van der Waals surface area (Å²) in [6, 6.07) is 5.54. The number of aromatic amines is 1. The van der Waals surface area contributed by atoms with Crippen LogP contribution in [-0.4, -0.2) is 39.0 Å². The average Bonchev–Trinajstić information content (AvgIpc) is 3.20. The van der Waals surface area contributed by atoms with E-state index in [4.69, 9.17) is 4.74 Å². The molecule has 1 aliphatic carbocycles. The van der Waals surface area contributed by atoms with Crippen molar-refractivity contribution in [2.75, 3.05) is 7.11 Å². The fraction of sp³-hybridized carbons (Fsp3) is 0.400. The number of nitrogens with zero attached hydrogens (tertiary/aromatic N) is 2. The molecular weight excluding hydrogens is 344 g/mol. The van der Waals surface area contributed by atoms with Crippen LogP contribution in [-0.2, 0) is 7.05 Å². The Morgan fingerprint density at radius 1 is 1.44 bits per heavy atom. The van der Waals surface area contributed by atoms with E-state index in [1.807, 2.05) is 38.4 Å². The summed E-state index contributed by atoms with van der Waals surface area (Å²) in [5, 5.41) is 18.1. The average molecular weight is 368 g/mol. The molecule has 3 aromatic rings. The molecule has 4 rings (SSSR count). The molecule has 1 saturated carbocycles. The minimum atomic E-state index is -0.284. The van der Waals surface area contributed by atoms with Gasteiger partial charge < -0.3 is 20.1 Å². The van der Waals surface area contributed by atoms with Gasteiger partial charge in [0.2, 0.25) is 0 Å². The van der Waals surface area contributed by atoms with Crippen molar-refractivity contribution in [3.63, 3.8) is 0 Å². The highest BCUT2D eigenvalue weighted by atomic mass is 16.5.